The maximum Gasteiger partial charge on any atom is 0.309 e. The highest BCUT2D eigenvalue weighted by atomic mass is 127. The number of carboxylic acids is 1. The molecule has 0 aromatic heterocycles. The Morgan fingerprint density at radius 2 is 1.94 bits per heavy atom. The molecule has 17 heavy (non-hydrogen) atoms. The average Bonchev–Trinajstić information content (AvgIpc) is 2.20. The van der Waals surface area contributed by atoms with Gasteiger partial charge in [-0.15, -0.1) is 0 Å². The quantitative estimate of drug-likeness (QED) is 0.805. The second kappa shape index (κ2) is 5.82. The van der Waals surface area contributed by atoms with E-state index in [1.807, 2.05) is 24.3 Å². The van der Waals surface area contributed by atoms with Crippen molar-refractivity contribution in [2.75, 3.05) is 0 Å². The number of benzene rings is 1. The second-order valence-corrected chi connectivity index (χ2v) is 6.23. The Labute approximate surface area is 116 Å². The van der Waals surface area contributed by atoms with Gasteiger partial charge in [0.25, 0.3) is 0 Å². The molecule has 0 bridgehead atoms. The van der Waals surface area contributed by atoms with Gasteiger partial charge in [0.2, 0.25) is 0 Å². The summed E-state index contributed by atoms with van der Waals surface area (Å²) in [5.41, 5.74) is 6.39. The highest BCUT2D eigenvalue weighted by Crippen LogP contribution is 2.23. The summed E-state index contributed by atoms with van der Waals surface area (Å²) in [5.74, 6) is -0.796. The molecule has 0 saturated heterocycles. The molecule has 3 N–H and O–H groups in total. The van der Waals surface area contributed by atoms with Crippen LogP contribution in [0.1, 0.15) is 25.8 Å². The van der Waals surface area contributed by atoms with Crippen molar-refractivity contribution in [1.29, 1.82) is 0 Å². The number of carboxylic acid groups (broad SMARTS) is 1. The van der Waals surface area contributed by atoms with Crippen molar-refractivity contribution in [1.82, 2.24) is 0 Å². The van der Waals surface area contributed by atoms with E-state index in [1.165, 1.54) is 3.57 Å². The summed E-state index contributed by atoms with van der Waals surface area (Å²) in [7, 11) is 0. The number of nitrogens with two attached hydrogens (primary N) is 1. The minimum Gasteiger partial charge on any atom is -0.481 e. The Kier molecular flexibility index (Phi) is 4.94. The topological polar surface area (TPSA) is 63.3 Å². The predicted molar refractivity (Wildman–Crippen MR) is 76.9 cm³/mol. The van der Waals surface area contributed by atoms with Crippen molar-refractivity contribution in [3.05, 3.63) is 33.4 Å². The van der Waals surface area contributed by atoms with E-state index < -0.39 is 11.4 Å². The summed E-state index contributed by atoms with van der Waals surface area (Å²) in [5, 5.41) is 9.04. The van der Waals surface area contributed by atoms with E-state index in [0.717, 1.165) is 5.56 Å². The normalized spacial score (nSPS) is 13.4. The smallest absolute Gasteiger partial charge is 0.309 e. The molecule has 0 fully saturated rings. The highest BCUT2D eigenvalue weighted by Gasteiger charge is 2.29. The lowest BCUT2D eigenvalue weighted by Gasteiger charge is -2.23. The Balaban J connectivity index is 2.58. The van der Waals surface area contributed by atoms with E-state index in [2.05, 4.69) is 22.6 Å². The molecule has 0 aliphatic carbocycles. The largest absolute Gasteiger partial charge is 0.481 e. The lowest BCUT2D eigenvalue weighted by atomic mass is 9.84. The van der Waals surface area contributed by atoms with Gasteiger partial charge in [-0.1, -0.05) is 12.1 Å². The van der Waals surface area contributed by atoms with Crippen LogP contribution in [-0.4, -0.2) is 17.1 Å². The van der Waals surface area contributed by atoms with Gasteiger partial charge < -0.3 is 10.8 Å². The van der Waals surface area contributed by atoms with Crippen LogP contribution in [0.25, 0.3) is 0 Å². The van der Waals surface area contributed by atoms with Crippen molar-refractivity contribution < 1.29 is 9.90 Å². The molecule has 0 heterocycles. The Morgan fingerprint density at radius 3 is 2.41 bits per heavy atom. The summed E-state index contributed by atoms with van der Waals surface area (Å²) >= 11 is 2.25. The number of carbonyl (C=O) groups is 1. The maximum absolute atomic E-state index is 11.0. The molecule has 4 heteroatoms. The van der Waals surface area contributed by atoms with Crippen molar-refractivity contribution in [2.24, 2.45) is 11.1 Å². The molecular formula is C13H18INO2. The predicted octanol–water partition coefficient (Wildman–Crippen LogP) is 2.66. The van der Waals surface area contributed by atoms with Crippen molar-refractivity contribution in [2.45, 2.75) is 32.7 Å². The Morgan fingerprint density at radius 1 is 1.41 bits per heavy atom. The summed E-state index contributed by atoms with van der Waals surface area (Å²) in [6.07, 6.45) is 1.20. The van der Waals surface area contributed by atoms with Gasteiger partial charge >= 0.3 is 5.97 Å². The van der Waals surface area contributed by atoms with Gasteiger partial charge in [0.15, 0.2) is 0 Å². The third-order valence-corrected chi connectivity index (χ3v) is 3.48. The number of aliphatic carboxylic acids is 1. The third kappa shape index (κ3) is 4.63. The van der Waals surface area contributed by atoms with Crippen LogP contribution >= 0.6 is 22.6 Å². The maximum atomic E-state index is 11.0. The van der Waals surface area contributed by atoms with E-state index in [4.69, 9.17) is 10.8 Å². The first kappa shape index (κ1) is 14.4. The molecule has 0 amide bonds. The number of hydrogen-bond acceptors (Lipinski definition) is 2. The van der Waals surface area contributed by atoms with Gasteiger partial charge in [-0.05, 0) is 67.0 Å². The fourth-order valence-electron chi connectivity index (χ4n) is 1.74. The average molecular weight is 347 g/mol. The molecular weight excluding hydrogens is 329 g/mol. The van der Waals surface area contributed by atoms with Crippen LogP contribution in [0, 0.1) is 8.99 Å². The first-order valence-electron chi connectivity index (χ1n) is 5.55. The summed E-state index contributed by atoms with van der Waals surface area (Å²) in [6.45, 7) is 3.42. The van der Waals surface area contributed by atoms with Gasteiger partial charge in [0.05, 0.1) is 5.41 Å². The van der Waals surface area contributed by atoms with E-state index in [9.17, 15) is 4.79 Å². The molecule has 1 atom stereocenters. The van der Waals surface area contributed by atoms with Gasteiger partial charge in [-0.2, -0.15) is 0 Å². The lowest BCUT2D eigenvalue weighted by molar-refractivity contribution is -0.147. The van der Waals surface area contributed by atoms with Gasteiger partial charge in [0.1, 0.15) is 0 Å². The highest BCUT2D eigenvalue weighted by molar-refractivity contribution is 14.1. The Bertz CT molecular complexity index is 387. The monoisotopic (exact) mass is 347 g/mol. The van der Waals surface area contributed by atoms with Crippen LogP contribution in [0.2, 0.25) is 0 Å². The minimum absolute atomic E-state index is 0.124. The zero-order valence-electron chi connectivity index (χ0n) is 10.1. The fourth-order valence-corrected chi connectivity index (χ4v) is 2.10. The zero-order chi connectivity index (χ0) is 13.1. The van der Waals surface area contributed by atoms with E-state index >= 15 is 0 Å². The van der Waals surface area contributed by atoms with Crippen molar-refractivity contribution >= 4 is 28.6 Å². The summed E-state index contributed by atoms with van der Waals surface area (Å²) in [4.78, 5) is 11.0. The molecule has 0 radical (unpaired) electrons. The number of halogens is 1. The molecule has 1 rings (SSSR count). The molecule has 0 aliphatic heterocycles. The van der Waals surface area contributed by atoms with Gasteiger partial charge in [-0.25, -0.2) is 0 Å². The number of hydrogen-bond donors (Lipinski definition) is 2. The van der Waals surface area contributed by atoms with E-state index in [1.54, 1.807) is 13.8 Å². The molecule has 3 nitrogen and oxygen atoms in total. The van der Waals surface area contributed by atoms with Crippen LogP contribution in [0.15, 0.2) is 24.3 Å². The van der Waals surface area contributed by atoms with Gasteiger partial charge in [-0.3, -0.25) is 4.79 Å². The van der Waals surface area contributed by atoms with Crippen molar-refractivity contribution in [3.8, 4) is 0 Å². The molecule has 1 aromatic rings. The van der Waals surface area contributed by atoms with E-state index in [0.29, 0.717) is 12.8 Å². The number of rotatable bonds is 5. The van der Waals surface area contributed by atoms with Crippen LogP contribution in [0.3, 0.4) is 0 Å². The molecule has 1 aromatic carbocycles. The molecule has 0 aliphatic rings. The first-order chi connectivity index (χ1) is 7.81. The van der Waals surface area contributed by atoms with Crippen LogP contribution < -0.4 is 5.73 Å². The third-order valence-electron chi connectivity index (χ3n) is 2.76. The molecule has 0 saturated carbocycles. The van der Waals surface area contributed by atoms with Crippen LogP contribution in [0.4, 0.5) is 0 Å². The van der Waals surface area contributed by atoms with Crippen LogP contribution in [0.5, 0.6) is 0 Å². The van der Waals surface area contributed by atoms with Gasteiger partial charge in [0, 0.05) is 9.61 Å². The SMILES string of the molecule is CC(C)(C[C@@H](N)Cc1ccc(I)cc1)C(=O)O. The minimum atomic E-state index is -0.796. The first-order valence-corrected chi connectivity index (χ1v) is 6.62. The zero-order valence-corrected chi connectivity index (χ0v) is 12.3. The summed E-state index contributed by atoms with van der Waals surface area (Å²) < 4.78 is 1.19. The molecule has 0 spiro atoms. The molecule has 94 valence electrons. The standard InChI is InChI=1S/C13H18INO2/c1-13(2,12(16)17)8-11(15)7-9-3-5-10(14)6-4-9/h3-6,11H,7-8,15H2,1-2H3,(H,16,17)/t11-/m0/s1. The van der Waals surface area contributed by atoms with E-state index in [-0.39, 0.29) is 6.04 Å². The molecule has 0 unspecified atom stereocenters. The van der Waals surface area contributed by atoms with Crippen LogP contribution in [-0.2, 0) is 11.2 Å². The second-order valence-electron chi connectivity index (χ2n) is 4.98. The van der Waals surface area contributed by atoms with Crippen molar-refractivity contribution in [3.63, 3.8) is 0 Å². The lowest BCUT2D eigenvalue weighted by Crippen LogP contribution is -2.34. The summed E-state index contributed by atoms with van der Waals surface area (Å²) in [6, 6.07) is 8.02. The Hall–Kier alpha value is -0.620. The fraction of sp³-hybridized carbons (Fsp3) is 0.462.